The second-order valence-electron chi connectivity index (χ2n) is 12.8. The van der Waals surface area contributed by atoms with Crippen molar-refractivity contribution in [2.75, 3.05) is 11.9 Å². The van der Waals surface area contributed by atoms with Crippen LogP contribution in [0, 0.1) is 10.1 Å². The molecule has 4 aromatic rings. The summed E-state index contributed by atoms with van der Waals surface area (Å²) in [6.45, 7) is 5.05. The van der Waals surface area contributed by atoms with E-state index in [1.54, 1.807) is 51.2 Å². The summed E-state index contributed by atoms with van der Waals surface area (Å²) in [4.78, 5) is 76.9. The average Bonchev–Trinajstić information content (AvgIpc) is 3.50. The van der Waals surface area contributed by atoms with E-state index < -0.39 is 52.7 Å². The van der Waals surface area contributed by atoms with Gasteiger partial charge in [-0.15, -0.1) is 0 Å². The number of fused-ring (bicyclic) bond motifs is 1. The number of amides is 5. The number of nitro benzene ring substituents is 1. The van der Waals surface area contributed by atoms with E-state index in [2.05, 4.69) is 26.3 Å². The fourth-order valence-corrected chi connectivity index (χ4v) is 5.06. The Hall–Kier alpha value is -6.65. The van der Waals surface area contributed by atoms with E-state index in [9.17, 15) is 34.1 Å². The maximum Gasteiger partial charge on any atom is 0.514 e. The highest BCUT2D eigenvalue weighted by Crippen LogP contribution is 2.21. The van der Waals surface area contributed by atoms with Gasteiger partial charge in [-0.05, 0) is 75.1 Å². The predicted octanol–water partition coefficient (Wildman–Crippen LogP) is 4.80. The number of H-pyrrole nitrogens is 1. The van der Waals surface area contributed by atoms with Gasteiger partial charge in [-0.2, -0.15) is 0 Å². The number of nitro groups is 1. The van der Waals surface area contributed by atoms with Crippen LogP contribution in [0.15, 0.2) is 79.0 Å². The summed E-state index contributed by atoms with van der Waals surface area (Å²) in [5, 5.41) is 22.2. The van der Waals surface area contributed by atoms with Gasteiger partial charge in [0.05, 0.1) is 4.92 Å². The Labute approximate surface area is 304 Å². The van der Waals surface area contributed by atoms with Crippen molar-refractivity contribution in [2.24, 2.45) is 5.73 Å². The van der Waals surface area contributed by atoms with Crippen molar-refractivity contribution in [1.82, 2.24) is 20.9 Å². The maximum atomic E-state index is 13.8. The van der Waals surface area contributed by atoms with Crippen molar-refractivity contribution in [1.29, 1.82) is 0 Å². The number of para-hydroxylation sites is 1. The zero-order valence-corrected chi connectivity index (χ0v) is 29.3. The highest BCUT2D eigenvalue weighted by atomic mass is 16.7. The molecule has 2 atom stereocenters. The molecule has 0 radical (unpaired) electrons. The first-order valence-electron chi connectivity index (χ1n) is 16.5. The highest BCUT2D eigenvalue weighted by molar-refractivity contribution is 5.98. The van der Waals surface area contributed by atoms with Crippen LogP contribution >= 0.6 is 0 Å². The lowest BCUT2D eigenvalue weighted by Gasteiger charge is -2.25. The molecule has 0 aliphatic heterocycles. The SMILES string of the molecule is CC(C)(C)OC(=O)N[C@@H](Cc1c[nH]c2ccccc12)C(=O)N[C@@H](CCCNC(N)=O)C(=O)Nc1ccc(COC(=O)Oc2ccc([N+](=O)[O-])cc2)cc1. The Morgan fingerprint density at radius 2 is 1.60 bits per heavy atom. The number of ether oxygens (including phenoxy) is 3. The van der Waals surface area contributed by atoms with E-state index in [0.717, 1.165) is 16.5 Å². The molecule has 0 spiro atoms. The molecule has 53 heavy (non-hydrogen) atoms. The maximum absolute atomic E-state index is 13.8. The van der Waals surface area contributed by atoms with Gasteiger partial charge in [0.2, 0.25) is 11.8 Å². The topological polar surface area (TPSA) is 246 Å². The Bertz CT molecular complexity index is 1920. The van der Waals surface area contributed by atoms with Crippen LogP contribution in [-0.2, 0) is 32.1 Å². The van der Waals surface area contributed by atoms with Crippen LogP contribution in [0.3, 0.4) is 0 Å². The number of nitrogens with two attached hydrogens (primary N) is 1. The Kier molecular flexibility index (Phi) is 13.3. The van der Waals surface area contributed by atoms with Crippen molar-refractivity contribution in [3.63, 3.8) is 0 Å². The molecule has 17 nitrogen and oxygen atoms in total. The number of hydrogen-bond acceptors (Lipinski definition) is 10. The Morgan fingerprint density at radius 1 is 0.906 bits per heavy atom. The van der Waals surface area contributed by atoms with Crippen molar-refractivity contribution in [3.05, 3.63) is 100 Å². The lowest BCUT2D eigenvalue weighted by molar-refractivity contribution is -0.384. The molecule has 0 saturated carbocycles. The number of nitrogens with one attached hydrogen (secondary N) is 5. The molecule has 0 aliphatic carbocycles. The molecule has 1 heterocycles. The summed E-state index contributed by atoms with van der Waals surface area (Å²) in [5.74, 6) is -1.15. The lowest BCUT2D eigenvalue weighted by Crippen LogP contribution is -2.54. The third kappa shape index (κ3) is 12.6. The van der Waals surface area contributed by atoms with Gasteiger partial charge in [0.15, 0.2) is 0 Å². The van der Waals surface area contributed by atoms with E-state index in [4.69, 9.17) is 19.9 Å². The summed E-state index contributed by atoms with van der Waals surface area (Å²) in [7, 11) is 0. The molecule has 0 unspecified atom stereocenters. The average molecular weight is 732 g/mol. The number of rotatable bonds is 15. The number of urea groups is 1. The van der Waals surface area contributed by atoms with Crippen molar-refractivity contribution >= 4 is 52.4 Å². The fraction of sp³-hybridized carbons (Fsp3) is 0.306. The first-order chi connectivity index (χ1) is 25.2. The van der Waals surface area contributed by atoms with Gasteiger partial charge < -0.3 is 46.2 Å². The minimum Gasteiger partial charge on any atom is -0.444 e. The zero-order chi connectivity index (χ0) is 38.5. The molecular formula is C36H41N7O10. The second kappa shape index (κ2) is 18.0. The summed E-state index contributed by atoms with van der Waals surface area (Å²) in [6.07, 6.45) is 0.375. The largest absolute Gasteiger partial charge is 0.514 e. The molecule has 0 fully saturated rings. The van der Waals surface area contributed by atoms with Crippen LogP contribution in [0.1, 0.15) is 44.7 Å². The van der Waals surface area contributed by atoms with Crippen molar-refractivity contribution < 1.29 is 43.1 Å². The highest BCUT2D eigenvalue weighted by Gasteiger charge is 2.29. The van der Waals surface area contributed by atoms with Crippen LogP contribution in [0.25, 0.3) is 10.9 Å². The fourth-order valence-electron chi connectivity index (χ4n) is 5.06. The molecule has 4 rings (SSSR count). The monoisotopic (exact) mass is 731 g/mol. The van der Waals surface area contributed by atoms with Gasteiger partial charge >= 0.3 is 18.3 Å². The third-order valence-electron chi connectivity index (χ3n) is 7.54. The molecule has 280 valence electrons. The predicted molar refractivity (Wildman–Crippen MR) is 193 cm³/mol. The van der Waals surface area contributed by atoms with Gasteiger partial charge in [-0.25, -0.2) is 14.4 Å². The number of anilines is 1. The number of non-ortho nitro benzene ring substituents is 1. The summed E-state index contributed by atoms with van der Waals surface area (Å²) in [6, 6.07) is 15.8. The summed E-state index contributed by atoms with van der Waals surface area (Å²) < 4.78 is 15.6. The molecule has 0 aliphatic rings. The van der Waals surface area contributed by atoms with E-state index in [1.807, 2.05) is 24.3 Å². The van der Waals surface area contributed by atoms with Gasteiger partial charge in [0, 0.05) is 47.9 Å². The van der Waals surface area contributed by atoms with Crippen molar-refractivity contribution in [2.45, 2.75) is 64.3 Å². The second-order valence-corrected chi connectivity index (χ2v) is 12.8. The van der Waals surface area contributed by atoms with E-state index in [0.29, 0.717) is 11.3 Å². The summed E-state index contributed by atoms with van der Waals surface area (Å²) in [5.41, 5.74) is 6.71. The van der Waals surface area contributed by atoms with Gasteiger partial charge in [0.1, 0.15) is 30.0 Å². The minimum atomic E-state index is -1.13. The lowest BCUT2D eigenvalue weighted by atomic mass is 10.0. The smallest absolute Gasteiger partial charge is 0.444 e. The normalized spacial score (nSPS) is 12.1. The van der Waals surface area contributed by atoms with E-state index in [1.165, 1.54) is 24.3 Å². The zero-order valence-electron chi connectivity index (χ0n) is 29.3. The van der Waals surface area contributed by atoms with Gasteiger partial charge in [0.25, 0.3) is 5.69 Å². The molecular weight excluding hydrogens is 690 g/mol. The quantitative estimate of drug-likeness (QED) is 0.0320. The first kappa shape index (κ1) is 39.1. The molecule has 0 saturated heterocycles. The van der Waals surface area contributed by atoms with Crippen LogP contribution in [0.2, 0.25) is 0 Å². The molecule has 5 amide bonds. The van der Waals surface area contributed by atoms with Crippen molar-refractivity contribution in [3.8, 4) is 5.75 Å². The Morgan fingerprint density at radius 3 is 2.26 bits per heavy atom. The van der Waals surface area contributed by atoms with Gasteiger partial charge in [-0.3, -0.25) is 19.7 Å². The number of aromatic amines is 1. The number of primary amides is 1. The number of alkyl carbamates (subject to hydrolysis) is 1. The molecule has 0 bridgehead atoms. The number of benzene rings is 3. The molecule has 3 aromatic carbocycles. The van der Waals surface area contributed by atoms with E-state index in [-0.39, 0.29) is 43.9 Å². The number of carbonyl (C=O) groups excluding carboxylic acids is 5. The molecule has 1 aromatic heterocycles. The Balaban J connectivity index is 1.42. The standard InChI is InChI=1S/C36H41N7O10/c1-36(2,3)53-34(47)42-30(19-23-20-39-28-8-5-4-7-27(23)28)32(45)41-29(9-6-18-38-33(37)46)31(44)40-24-12-10-22(11-13-24)21-51-35(48)52-26-16-14-25(15-17-26)43(49)50/h4-5,7-8,10-17,20,29-30,39H,6,9,18-19,21H2,1-3H3,(H,40,44)(H,41,45)(H,42,47)(H3,37,38,46)/t29-,30-/m0/s1. The number of hydrogen-bond donors (Lipinski definition) is 6. The van der Waals surface area contributed by atoms with Crippen LogP contribution < -0.4 is 31.7 Å². The first-order valence-corrected chi connectivity index (χ1v) is 16.5. The number of nitrogens with zero attached hydrogens (tertiary/aromatic N) is 1. The molecule has 7 N–H and O–H groups in total. The summed E-state index contributed by atoms with van der Waals surface area (Å²) >= 11 is 0. The van der Waals surface area contributed by atoms with Crippen LogP contribution in [0.4, 0.5) is 25.8 Å². The van der Waals surface area contributed by atoms with E-state index >= 15 is 0 Å². The third-order valence-corrected chi connectivity index (χ3v) is 7.54. The number of carbonyl (C=O) groups is 5. The van der Waals surface area contributed by atoms with Crippen LogP contribution in [0.5, 0.6) is 5.75 Å². The minimum absolute atomic E-state index is 0.0654. The van der Waals surface area contributed by atoms with Crippen LogP contribution in [-0.4, -0.2) is 64.2 Å². The van der Waals surface area contributed by atoms with Gasteiger partial charge in [-0.1, -0.05) is 30.3 Å². The molecule has 17 heteroatoms. The number of aromatic nitrogens is 1.